The van der Waals surface area contributed by atoms with Gasteiger partial charge in [0.25, 0.3) is 0 Å². The second-order valence-electron chi connectivity index (χ2n) is 4.83. The first-order valence-electron chi connectivity index (χ1n) is 7.37. The third kappa shape index (κ3) is 5.67. The monoisotopic (exact) mass is 413 g/mol. The molecule has 0 amide bonds. The minimum Gasteiger partial charge on any atom is -0.356 e. The van der Waals surface area contributed by atoms with Crippen molar-refractivity contribution in [2.45, 2.75) is 26.3 Å². The van der Waals surface area contributed by atoms with Crippen LogP contribution in [0.15, 0.2) is 47.7 Å². The highest BCUT2D eigenvalue weighted by Gasteiger charge is 2.02. The zero-order valence-corrected chi connectivity index (χ0v) is 15.5. The molecule has 2 N–H and O–H groups in total. The molecule has 0 atom stereocenters. The third-order valence-corrected chi connectivity index (χ3v) is 3.16. The van der Waals surface area contributed by atoms with E-state index in [-0.39, 0.29) is 24.0 Å². The molecule has 0 spiro atoms. The Labute approximate surface area is 149 Å². The third-order valence-electron chi connectivity index (χ3n) is 3.16. The molecule has 0 aliphatic carbocycles. The number of para-hydroxylation sites is 1. The zero-order chi connectivity index (χ0) is 14.9. The van der Waals surface area contributed by atoms with E-state index < -0.39 is 0 Å². The summed E-state index contributed by atoms with van der Waals surface area (Å²) >= 11 is 0. The van der Waals surface area contributed by atoms with Crippen LogP contribution in [-0.4, -0.2) is 29.3 Å². The predicted molar refractivity (Wildman–Crippen MR) is 102 cm³/mol. The molecular weight excluding hydrogens is 389 g/mol. The van der Waals surface area contributed by atoms with Crippen LogP contribution in [-0.2, 0) is 6.54 Å². The Hall–Kier alpha value is -1.57. The van der Waals surface area contributed by atoms with Gasteiger partial charge in [0.1, 0.15) is 0 Å². The minimum absolute atomic E-state index is 0. The average molecular weight is 413 g/mol. The molecule has 0 bridgehead atoms. The quantitative estimate of drug-likeness (QED) is 0.332. The summed E-state index contributed by atoms with van der Waals surface area (Å²) in [5, 5.41) is 11.0. The number of nitrogens with zero attached hydrogens (tertiary/aromatic N) is 3. The molecule has 0 fully saturated rings. The molecule has 22 heavy (non-hydrogen) atoms. The molecule has 5 nitrogen and oxygen atoms in total. The molecule has 120 valence electrons. The average Bonchev–Trinajstić information content (AvgIpc) is 3.00. The van der Waals surface area contributed by atoms with Crippen molar-refractivity contribution in [2.24, 2.45) is 4.99 Å². The van der Waals surface area contributed by atoms with Crippen molar-refractivity contribution >= 4 is 29.9 Å². The summed E-state index contributed by atoms with van der Waals surface area (Å²) in [7, 11) is 1.79. The van der Waals surface area contributed by atoms with Gasteiger partial charge in [0.15, 0.2) is 5.96 Å². The van der Waals surface area contributed by atoms with E-state index in [1.165, 1.54) is 6.42 Å². The first kappa shape index (κ1) is 18.5. The molecule has 0 saturated heterocycles. The number of rotatable bonds is 6. The van der Waals surface area contributed by atoms with Gasteiger partial charge in [-0.25, -0.2) is 4.68 Å². The lowest BCUT2D eigenvalue weighted by Gasteiger charge is -2.10. The van der Waals surface area contributed by atoms with Crippen LogP contribution in [0.5, 0.6) is 0 Å². The highest BCUT2D eigenvalue weighted by atomic mass is 127. The Bertz CT molecular complexity index is 565. The van der Waals surface area contributed by atoms with Crippen LogP contribution < -0.4 is 10.6 Å². The fourth-order valence-corrected chi connectivity index (χ4v) is 1.96. The summed E-state index contributed by atoms with van der Waals surface area (Å²) in [6.07, 6.45) is 6.22. The largest absolute Gasteiger partial charge is 0.356 e. The SMILES string of the molecule is CCCCNC(=NC)NCc1cnn(-c2ccccc2)c1.I. The van der Waals surface area contributed by atoms with Gasteiger partial charge in [-0.1, -0.05) is 31.5 Å². The molecule has 0 aliphatic heterocycles. The van der Waals surface area contributed by atoms with Crippen LogP contribution in [0.25, 0.3) is 5.69 Å². The molecule has 2 aromatic rings. The second kappa shape index (κ2) is 10.2. The lowest BCUT2D eigenvalue weighted by atomic mass is 10.3. The van der Waals surface area contributed by atoms with Crippen LogP contribution in [0.2, 0.25) is 0 Å². The van der Waals surface area contributed by atoms with Gasteiger partial charge in [0.05, 0.1) is 11.9 Å². The van der Waals surface area contributed by atoms with Crippen molar-refractivity contribution in [2.75, 3.05) is 13.6 Å². The predicted octanol–water partition coefficient (Wildman–Crippen LogP) is 2.96. The van der Waals surface area contributed by atoms with Gasteiger partial charge in [0, 0.05) is 31.9 Å². The number of aromatic nitrogens is 2. The number of nitrogens with one attached hydrogen (secondary N) is 2. The molecule has 0 unspecified atom stereocenters. The first-order valence-corrected chi connectivity index (χ1v) is 7.37. The Kier molecular flexibility index (Phi) is 8.57. The van der Waals surface area contributed by atoms with Crippen LogP contribution in [0.4, 0.5) is 0 Å². The fraction of sp³-hybridized carbons (Fsp3) is 0.375. The van der Waals surface area contributed by atoms with Crippen LogP contribution in [0.1, 0.15) is 25.3 Å². The molecule has 1 heterocycles. The number of aliphatic imine (C=N–C) groups is 1. The molecule has 0 radical (unpaired) electrons. The maximum atomic E-state index is 4.38. The number of unbranched alkanes of at least 4 members (excludes halogenated alkanes) is 1. The Morgan fingerprint density at radius 3 is 2.68 bits per heavy atom. The van der Waals surface area contributed by atoms with Gasteiger partial charge in [-0.2, -0.15) is 5.10 Å². The smallest absolute Gasteiger partial charge is 0.191 e. The van der Waals surface area contributed by atoms with Crippen LogP contribution in [0.3, 0.4) is 0 Å². The summed E-state index contributed by atoms with van der Waals surface area (Å²) in [6, 6.07) is 10.1. The normalized spacial score (nSPS) is 10.9. The number of guanidine groups is 1. The lowest BCUT2D eigenvalue weighted by Crippen LogP contribution is -2.37. The maximum absolute atomic E-state index is 4.38. The van der Waals surface area contributed by atoms with Gasteiger partial charge in [0.2, 0.25) is 0 Å². The van der Waals surface area contributed by atoms with E-state index in [1.54, 1.807) is 7.05 Å². The molecule has 0 aliphatic rings. The van der Waals surface area contributed by atoms with Gasteiger partial charge in [-0.15, -0.1) is 24.0 Å². The van der Waals surface area contributed by atoms with E-state index in [4.69, 9.17) is 0 Å². The zero-order valence-electron chi connectivity index (χ0n) is 13.1. The van der Waals surface area contributed by atoms with Gasteiger partial charge in [-0.3, -0.25) is 4.99 Å². The standard InChI is InChI=1S/C16H23N5.HI/c1-3-4-10-18-16(17-2)19-11-14-12-20-21(13-14)15-8-6-5-7-9-15;/h5-9,12-13H,3-4,10-11H2,1-2H3,(H2,17,18,19);1H. The van der Waals surface area contributed by atoms with Gasteiger partial charge < -0.3 is 10.6 Å². The molecule has 1 aromatic carbocycles. The van der Waals surface area contributed by atoms with Crippen molar-refractivity contribution in [1.82, 2.24) is 20.4 Å². The van der Waals surface area contributed by atoms with Crippen molar-refractivity contribution in [3.63, 3.8) is 0 Å². The Morgan fingerprint density at radius 2 is 2.00 bits per heavy atom. The molecule has 1 aromatic heterocycles. The molecule has 6 heteroatoms. The van der Waals surface area contributed by atoms with Crippen LogP contribution >= 0.6 is 24.0 Å². The van der Waals surface area contributed by atoms with E-state index in [9.17, 15) is 0 Å². The highest BCUT2D eigenvalue weighted by molar-refractivity contribution is 14.0. The molecular formula is C16H24IN5. The number of benzene rings is 1. The first-order chi connectivity index (χ1) is 10.3. The van der Waals surface area contributed by atoms with Crippen molar-refractivity contribution < 1.29 is 0 Å². The summed E-state index contributed by atoms with van der Waals surface area (Å²) in [6.45, 7) is 3.83. The topological polar surface area (TPSA) is 54.2 Å². The van der Waals surface area contributed by atoms with Crippen LogP contribution in [0, 0.1) is 0 Å². The van der Waals surface area contributed by atoms with E-state index in [2.05, 4.69) is 27.6 Å². The van der Waals surface area contributed by atoms with E-state index in [0.717, 1.165) is 30.2 Å². The highest BCUT2D eigenvalue weighted by Crippen LogP contribution is 2.07. The number of halogens is 1. The minimum atomic E-state index is 0. The van der Waals surface area contributed by atoms with E-state index >= 15 is 0 Å². The number of hydrogen-bond acceptors (Lipinski definition) is 2. The molecule has 2 rings (SSSR count). The van der Waals surface area contributed by atoms with Gasteiger partial charge >= 0.3 is 0 Å². The molecule has 0 saturated carbocycles. The summed E-state index contributed by atoms with van der Waals surface area (Å²) in [5.74, 6) is 0.830. The summed E-state index contributed by atoms with van der Waals surface area (Å²) in [5.41, 5.74) is 2.19. The summed E-state index contributed by atoms with van der Waals surface area (Å²) in [4.78, 5) is 4.21. The van der Waals surface area contributed by atoms with E-state index in [1.807, 2.05) is 47.4 Å². The summed E-state index contributed by atoms with van der Waals surface area (Å²) < 4.78 is 1.88. The number of hydrogen-bond donors (Lipinski definition) is 2. The fourth-order valence-electron chi connectivity index (χ4n) is 1.96. The van der Waals surface area contributed by atoms with Crippen molar-refractivity contribution in [1.29, 1.82) is 0 Å². The van der Waals surface area contributed by atoms with E-state index in [0.29, 0.717) is 6.54 Å². The lowest BCUT2D eigenvalue weighted by molar-refractivity contribution is 0.729. The van der Waals surface area contributed by atoms with Crippen molar-refractivity contribution in [3.8, 4) is 5.69 Å². The Balaban J connectivity index is 0.00000242. The Morgan fingerprint density at radius 1 is 1.23 bits per heavy atom. The second-order valence-corrected chi connectivity index (χ2v) is 4.83. The van der Waals surface area contributed by atoms with Gasteiger partial charge in [-0.05, 0) is 18.6 Å². The van der Waals surface area contributed by atoms with Crippen molar-refractivity contribution in [3.05, 3.63) is 48.3 Å². The maximum Gasteiger partial charge on any atom is 0.191 e.